The van der Waals surface area contributed by atoms with Crippen molar-refractivity contribution in [3.8, 4) is 0 Å². The summed E-state index contributed by atoms with van der Waals surface area (Å²) in [7, 11) is 1.85. The molecule has 0 aliphatic rings. The first-order valence-corrected chi connectivity index (χ1v) is 5.54. The first-order chi connectivity index (χ1) is 6.72. The summed E-state index contributed by atoms with van der Waals surface area (Å²) < 4.78 is 5.33. The van der Waals surface area contributed by atoms with Crippen LogP contribution in [0.4, 0.5) is 0 Å². The molecule has 0 spiro atoms. The fourth-order valence-corrected chi connectivity index (χ4v) is 1.16. The maximum Gasteiger partial charge on any atom is 0.224 e. The Morgan fingerprint density at radius 3 is 2.50 bits per heavy atom. The summed E-state index contributed by atoms with van der Waals surface area (Å²) in [4.78, 5) is 13.2. The van der Waals surface area contributed by atoms with Crippen LogP contribution in [0.5, 0.6) is 0 Å². The number of amides is 1. The average molecular weight is 201 g/mol. The molecule has 0 bridgehead atoms. The number of nitrogens with zero attached hydrogens (tertiary/aromatic N) is 1. The third kappa shape index (κ3) is 6.89. The van der Waals surface area contributed by atoms with Crippen molar-refractivity contribution in [2.45, 2.75) is 39.5 Å². The number of unbranched alkanes of at least 4 members (excludes halogenated alkanes) is 1. The summed E-state index contributed by atoms with van der Waals surface area (Å²) in [6.07, 6.45) is 3.75. The van der Waals surface area contributed by atoms with Crippen LogP contribution in [0.1, 0.15) is 39.5 Å². The van der Waals surface area contributed by atoms with Gasteiger partial charge in [-0.3, -0.25) is 4.79 Å². The Balaban J connectivity index is 3.34. The molecule has 14 heavy (non-hydrogen) atoms. The minimum Gasteiger partial charge on any atom is -0.381 e. The normalized spacial score (nSPS) is 10.2. The zero-order chi connectivity index (χ0) is 10.8. The zero-order valence-electron chi connectivity index (χ0n) is 9.71. The molecule has 0 fully saturated rings. The third-order valence-electron chi connectivity index (χ3n) is 2.09. The SMILES string of the molecule is CCCCOCCC(=O)N(C)CCC. The van der Waals surface area contributed by atoms with E-state index in [1.807, 2.05) is 7.05 Å². The van der Waals surface area contributed by atoms with Crippen LogP contribution in [0.15, 0.2) is 0 Å². The van der Waals surface area contributed by atoms with Crippen LogP contribution in [-0.4, -0.2) is 37.6 Å². The number of carbonyl (C=O) groups excluding carboxylic acids is 1. The lowest BCUT2D eigenvalue weighted by molar-refractivity contribution is -0.131. The predicted octanol–water partition coefficient (Wildman–Crippen LogP) is 2.06. The Hall–Kier alpha value is -0.570. The molecule has 0 N–H and O–H groups in total. The van der Waals surface area contributed by atoms with E-state index >= 15 is 0 Å². The van der Waals surface area contributed by atoms with Crippen LogP contribution in [0, 0.1) is 0 Å². The maximum absolute atomic E-state index is 11.4. The summed E-state index contributed by atoms with van der Waals surface area (Å²) in [5.41, 5.74) is 0. The van der Waals surface area contributed by atoms with Gasteiger partial charge in [-0.15, -0.1) is 0 Å². The topological polar surface area (TPSA) is 29.5 Å². The largest absolute Gasteiger partial charge is 0.381 e. The first kappa shape index (κ1) is 13.4. The van der Waals surface area contributed by atoms with Crippen LogP contribution in [0.3, 0.4) is 0 Å². The molecule has 0 atom stereocenters. The van der Waals surface area contributed by atoms with Crippen molar-refractivity contribution in [2.24, 2.45) is 0 Å². The maximum atomic E-state index is 11.4. The standard InChI is InChI=1S/C11H23NO2/c1-4-6-9-14-10-7-11(13)12(3)8-5-2/h4-10H2,1-3H3. The Morgan fingerprint density at radius 2 is 1.93 bits per heavy atom. The highest BCUT2D eigenvalue weighted by atomic mass is 16.5. The lowest BCUT2D eigenvalue weighted by Gasteiger charge is -2.15. The van der Waals surface area contributed by atoms with Gasteiger partial charge in [0.2, 0.25) is 5.91 Å². The first-order valence-electron chi connectivity index (χ1n) is 5.54. The van der Waals surface area contributed by atoms with E-state index in [1.165, 1.54) is 0 Å². The molecule has 84 valence electrons. The average Bonchev–Trinajstić information content (AvgIpc) is 2.17. The van der Waals surface area contributed by atoms with Crippen molar-refractivity contribution in [3.05, 3.63) is 0 Å². The molecule has 1 amide bonds. The lowest BCUT2D eigenvalue weighted by atomic mass is 10.3. The molecule has 0 saturated heterocycles. The van der Waals surface area contributed by atoms with Crippen LogP contribution in [-0.2, 0) is 9.53 Å². The van der Waals surface area contributed by atoms with Crippen molar-refractivity contribution in [2.75, 3.05) is 26.8 Å². The molecule has 0 aromatic carbocycles. The minimum absolute atomic E-state index is 0.184. The van der Waals surface area contributed by atoms with Gasteiger partial charge in [0.1, 0.15) is 0 Å². The Kier molecular flexibility index (Phi) is 8.64. The van der Waals surface area contributed by atoms with Gasteiger partial charge >= 0.3 is 0 Å². The highest BCUT2D eigenvalue weighted by Gasteiger charge is 2.06. The number of hydrogen-bond donors (Lipinski definition) is 0. The van der Waals surface area contributed by atoms with E-state index in [4.69, 9.17) is 4.74 Å². The number of hydrogen-bond acceptors (Lipinski definition) is 2. The van der Waals surface area contributed by atoms with Crippen LogP contribution in [0.2, 0.25) is 0 Å². The summed E-state index contributed by atoms with van der Waals surface area (Å²) in [5, 5.41) is 0. The predicted molar refractivity (Wildman–Crippen MR) is 58.3 cm³/mol. The zero-order valence-corrected chi connectivity index (χ0v) is 9.71. The molecule has 0 aliphatic carbocycles. The third-order valence-corrected chi connectivity index (χ3v) is 2.09. The number of rotatable bonds is 8. The van der Waals surface area contributed by atoms with Gasteiger partial charge in [0.05, 0.1) is 13.0 Å². The van der Waals surface area contributed by atoms with E-state index in [9.17, 15) is 4.79 Å². The van der Waals surface area contributed by atoms with E-state index < -0.39 is 0 Å². The van der Waals surface area contributed by atoms with Gasteiger partial charge in [0, 0.05) is 20.2 Å². The highest BCUT2D eigenvalue weighted by molar-refractivity contribution is 5.75. The summed E-state index contributed by atoms with van der Waals surface area (Å²) >= 11 is 0. The second kappa shape index (κ2) is 9.00. The molecule has 0 rings (SSSR count). The quantitative estimate of drug-likeness (QED) is 0.563. The summed E-state index contributed by atoms with van der Waals surface area (Å²) in [6, 6.07) is 0. The second-order valence-electron chi connectivity index (χ2n) is 3.53. The van der Waals surface area contributed by atoms with Crippen molar-refractivity contribution in [3.63, 3.8) is 0 Å². The van der Waals surface area contributed by atoms with Gasteiger partial charge in [0.25, 0.3) is 0 Å². The van der Waals surface area contributed by atoms with E-state index in [0.717, 1.165) is 32.4 Å². The van der Waals surface area contributed by atoms with Crippen molar-refractivity contribution < 1.29 is 9.53 Å². The van der Waals surface area contributed by atoms with E-state index in [2.05, 4.69) is 13.8 Å². The lowest BCUT2D eigenvalue weighted by Crippen LogP contribution is -2.28. The number of ether oxygens (including phenoxy) is 1. The molecular weight excluding hydrogens is 178 g/mol. The molecule has 0 aromatic heterocycles. The molecule has 0 aliphatic heterocycles. The number of carbonyl (C=O) groups is 1. The van der Waals surface area contributed by atoms with E-state index in [1.54, 1.807) is 4.90 Å². The van der Waals surface area contributed by atoms with Crippen molar-refractivity contribution >= 4 is 5.91 Å². The summed E-state index contributed by atoms with van der Waals surface area (Å²) in [6.45, 7) is 6.38. The fraction of sp³-hybridized carbons (Fsp3) is 0.909. The van der Waals surface area contributed by atoms with Gasteiger partial charge < -0.3 is 9.64 Å². The minimum atomic E-state index is 0.184. The van der Waals surface area contributed by atoms with Gasteiger partial charge in [-0.25, -0.2) is 0 Å². The molecule has 0 aromatic rings. The van der Waals surface area contributed by atoms with Crippen molar-refractivity contribution in [1.29, 1.82) is 0 Å². The van der Waals surface area contributed by atoms with Crippen molar-refractivity contribution in [1.82, 2.24) is 4.90 Å². The van der Waals surface area contributed by atoms with Gasteiger partial charge in [-0.05, 0) is 12.8 Å². The molecule has 3 nitrogen and oxygen atoms in total. The van der Waals surface area contributed by atoms with Gasteiger partial charge in [0.15, 0.2) is 0 Å². The molecule has 0 heterocycles. The fourth-order valence-electron chi connectivity index (χ4n) is 1.16. The molecule has 3 heteroatoms. The smallest absolute Gasteiger partial charge is 0.224 e. The highest BCUT2D eigenvalue weighted by Crippen LogP contribution is 1.95. The molecule has 0 unspecified atom stereocenters. The molecular formula is C11H23NO2. The Labute approximate surface area is 87.4 Å². The van der Waals surface area contributed by atoms with E-state index in [-0.39, 0.29) is 5.91 Å². The Bertz CT molecular complexity index is 148. The van der Waals surface area contributed by atoms with Gasteiger partial charge in [-0.1, -0.05) is 20.3 Å². The van der Waals surface area contributed by atoms with Crippen LogP contribution in [0.25, 0.3) is 0 Å². The van der Waals surface area contributed by atoms with Crippen LogP contribution < -0.4 is 0 Å². The van der Waals surface area contributed by atoms with Crippen LogP contribution >= 0.6 is 0 Å². The molecule has 0 radical (unpaired) electrons. The van der Waals surface area contributed by atoms with Gasteiger partial charge in [-0.2, -0.15) is 0 Å². The monoisotopic (exact) mass is 201 g/mol. The van der Waals surface area contributed by atoms with E-state index in [0.29, 0.717) is 13.0 Å². The summed E-state index contributed by atoms with van der Waals surface area (Å²) in [5.74, 6) is 0.184. The molecule has 0 saturated carbocycles. The Morgan fingerprint density at radius 1 is 1.21 bits per heavy atom. The second-order valence-corrected chi connectivity index (χ2v) is 3.53.